The molecule has 0 nitrogen and oxygen atoms in total. The summed E-state index contributed by atoms with van der Waals surface area (Å²) < 4.78 is 0. The lowest BCUT2D eigenvalue weighted by Crippen LogP contribution is -2.06. The molecule has 0 aromatic heterocycles. The Labute approximate surface area is 106 Å². The van der Waals surface area contributed by atoms with Gasteiger partial charge in [-0.3, -0.25) is 0 Å². The maximum Gasteiger partial charge on any atom is 0.0193 e. The van der Waals surface area contributed by atoms with Crippen molar-refractivity contribution in [2.75, 3.05) is 5.75 Å². The molecule has 1 heteroatoms. The third-order valence-corrected chi connectivity index (χ3v) is 4.54. The predicted octanol–water partition coefficient (Wildman–Crippen LogP) is 5.78. The average molecular weight is 240 g/mol. The minimum atomic E-state index is 0.990. The molecule has 16 heavy (non-hydrogen) atoms. The van der Waals surface area contributed by atoms with Crippen LogP contribution in [0.25, 0.3) is 0 Å². The van der Waals surface area contributed by atoms with E-state index in [9.17, 15) is 0 Å². The summed E-state index contributed by atoms with van der Waals surface area (Å²) >= 11 is 1.98. The van der Waals surface area contributed by atoms with E-state index < -0.39 is 0 Å². The molecule has 0 aliphatic carbocycles. The van der Waals surface area contributed by atoms with Crippen molar-refractivity contribution in [1.29, 1.82) is 0 Å². The van der Waals surface area contributed by atoms with Gasteiger partial charge in [0.15, 0.2) is 0 Å². The maximum absolute atomic E-state index is 2.38. The van der Waals surface area contributed by atoms with Crippen LogP contribution in [0, 0.1) is 5.92 Å². The van der Waals surface area contributed by atoms with Crippen molar-refractivity contribution >= 4 is 11.8 Å². The molecule has 0 fully saturated rings. The van der Waals surface area contributed by atoms with Crippen molar-refractivity contribution < 1.29 is 0 Å². The molecule has 0 N–H and O–H groups in total. The molecule has 1 atom stereocenters. The van der Waals surface area contributed by atoms with Crippen molar-refractivity contribution in [2.45, 2.75) is 71.6 Å². The van der Waals surface area contributed by atoms with E-state index in [0.717, 1.165) is 5.92 Å². The van der Waals surface area contributed by atoms with Crippen LogP contribution in [-0.2, 0) is 0 Å². The molecule has 0 radical (unpaired) electrons. The lowest BCUT2D eigenvalue weighted by Gasteiger charge is -2.21. The van der Waals surface area contributed by atoms with Crippen LogP contribution in [0.2, 0.25) is 0 Å². The molecule has 1 heterocycles. The number of hydrogen-bond donors (Lipinski definition) is 0. The molecule has 1 aliphatic rings. The van der Waals surface area contributed by atoms with Crippen molar-refractivity contribution in [3.63, 3.8) is 0 Å². The zero-order valence-corrected chi connectivity index (χ0v) is 12.0. The zero-order valence-electron chi connectivity index (χ0n) is 11.1. The number of hydrogen-bond acceptors (Lipinski definition) is 1. The van der Waals surface area contributed by atoms with Crippen molar-refractivity contribution in [2.24, 2.45) is 5.92 Å². The molecule has 0 amide bonds. The lowest BCUT2D eigenvalue weighted by atomic mass is 9.90. The second kappa shape index (κ2) is 9.15. The molecule has 1 aliphatic heterocycles. The second-order valence-electron chi connectivity index (χ2n) is 5.15. The lowest BCUT2D eigenvalue weighted by molar-refractivity contribution is 0.409. The van der Waals surface area contributed by atoms with Crippen LogP contribution >= 0.6 is 11.8 Å². The molecule has 0 saturated carbocycles. The summed E-state index contributed by atoms with van der Waals surface area (Å²) in [5.74, 6) is 2.31. The highest BCUT2D eigenvalue weighted by Gasteiger charge is 2.14. The molecule has 94 valence electrons. The smallest absolute Gasteiger partial charge is 0.0193 e. The Bertz CT molecular complexity index is 196. The Kier molecular flexibility index (Phi) is 8.10. The topological polar surface area (TPSA) is 0 Å². The summed E-state index contributed by atoms with van der Waals surface area (Å²) in [4.78, 5) is 0. The summed E-state index contributed by atoms with van der Waals surface area (Å²) in [7, 11) is 0. The first kappa shape index (κ1) is 14.2. The highest BCUT2D eigenvalue weighted by atomic mass is 32.2. The Morgan fingerprint density at radius 3 is 2.31 bits per heavy atom. The molecule has 1 unspecified atom stereocenters. The summed E-state index contributed by atoms with van der Waals surface area (Å²) in [6.45, 7) is 4.61. The number of unbranched alkanes of at least 4 members (excludes halogenated alkanes) is 4. The van der Waals surface area contributed by atoms with Gasteiger partial charge in [0.25, 0.3) is 0 Å². The second-order valence-corrected chi connectivity index (χ2v) is 6.01. The van der Waals surface area contributed by atoms with Gasteiger partial charge in [-0.15, -0.1) is 11.8 Å². The molecule has 0 bridgehead atoms. The van der Waals surface area contributed by atoms with E-state index in [4.69, 9.17) is 0 Å². The fraction of sp³-hybridized carbons (Fsp3) is 0.867. The number of rotatable bonds is 10. The first-order chi connectivity index (χ1) is 7.86. The highest BCUT2D eigenvalue weighted by molar-refractivity contribution is 8.03. The minimum absolute atomic E-state index is 0.990. The number of thioether (sulfide) groups is 1. The first-order valence-electron chi connectivity index (χ1n) is 7.16. The summed E-state index contributed by atoms with van der Waals surface area (Å²) in [5.41, 5.74) is 1.72. The molecule has 0 aromatic rings. The molecule has 0 saturated heterocycles. The standard InChI is InChI=1S/C15H28S/c1-3-5-7-8-10-14(9-6-4-2)11-15-12-16-13-15/h12,14H,3-11,13H2,1-2H3. The van der Waals surface area contributed by atoms with E-state index in [1.807, 2.05) is 11.8 Å². The predicted molar refractivity (Wildman–Crippen MR) is 76.9 cm³/mol. The highest BCUT2D eigenvalue weighted by Crippen LogP contribution is 2.32. The Balaban J connectivity index is 2.14. The SMILES string of the molecule is CCCCCCC(CCCC)CC1=CSC1. The fourth-order valence-corrected chi connectivity index (χ4v) is 3.00. The van der Waals surface area contributed by atoms with Crippen LogP contribution in [-0.4, -0.2) is 5.75 Å². The van der Waals surface area contributed by atoms with Crippen LogP contribution in [0.4, 0.5) is 0 Å². The van der Waals surface area contributed by atoms with Gasteiger partial charge in [0.05, 0.1) is 0 Å². The quantitative estimate of drug-likeness (QED) is 0.436. The van der Waals surface area contributed by atoms with Gasteiger partial charge < -0.3 is 0 Å². The first-order valence-corrected chi connectivity index (χ1v) is 8.21. The van der Waals surface area contributed by atoms with Crippen LogP contribution in [0.15, 0.2) is 11.0 Å². The van der Waals surface area contributed by atoms with E-state index in [1.54, 1.807) is 5.57 Å². The van der Waals surface area contributed by atoms with Gasteiger partial charge >= 0.3 is 0 Å². The monoisotopic (exact) mass is 240 g/mol. The fourth-order valence-electron chi connectivity index (χ4n) is 2.38. The maximum atomic E-state index is 2.38. The van der Waals surface area contributed by atoms with E-state index >= 15 is 0 Å². The van der Waals surface area contributed by atoms with Crippen LogP contribution in [0.1, 0.15) is 71.6 Å². The largest absolute Gasteiger partial charge is 0.130 e. The van der Waals surface area contributed by atoms with Crippen LogP contribution < -0.4 is 0 Å². The summed E-state index contributed by atoms with van der Waals surface area (Å²) in [6.07, 6.45) is 12.8. The molecule has 0 aromatic carbocycles. The normalized spacial score (nSPS) is 16.8. The van der Waals surface area contributed by atoms with Crippen LogP contribution in [0.3, 0.4) is 0 Å². The van der Waals surface area contributed by atoms with Gasteiger partial charge in [0, 0.05) is 5.75 Å². The molecular formula is C15H28S. The molecular weight excluding hydrogens is 212 g/mol. The van der Waals surface area contributed by atoms with Gasteiger partial charge in [-0.25, -0.2) is 0 Å². The van der Waals surface area contributed by atoms with Gasteiger partial charge in [-0.1, -0.05) is 70.8 Å². The van der Waals surface area contributed by atoms with Gasteiger partial charge in [0.2, 0.25) is 0 Å². The Hall–Kier alpha value is 0.0900. The van der Waals surface area contributed by atoms with Gasteiger partial charge in [-0.05, 0) is 17.7 Å². The molecule has 0 spiro atoms. The minimum Gasteiger partial charge on any atom is -0.130 e. The Morgan fingerprint density at radius 2 is 1.75 bits per heavy atom. The van der Waals surface area contributed by atoms with Crippen molar-refractivity contribution in [3.8, 4) is 0 Å². The van der Waals surface area contributed by atoms with E-state index in [2.05, 4.69) is 19.3 Å². The van der Waals surface area contributed by atoms with Crippen molar-refractivity contribution in [3.05, 3.63) is 11.0 Å². The third kappa shape index (κ3) is 5.98. The van der Waals surface area contributed by atoms with Crippen LogP contribution in [0.5, 0.6) is 0 Å². The van der Waals surface area contributed by atoms with Crippen molar-refractivity contribution in [1.82, 2.24) is 0 Å². The van der Waals surface area contributed by atoms with E-state index in [0.29, 0.717) is 0 Å². The van der Waals surface area contributed by atoms with Gasteiger partial charge in [0.1, 0.15) is 0 Å². The van der Waals surface area contributed by atoms with E-state index in [-0.39, 0.29) is 0 Å². The van der Waals surface area contributed by atoms with E-state index in [1.165, 1.54) is 63.5 Å². The third-order valence-electron chi connectivity index (χ3n) is 3.50. The molecule has 1 rings (SSSR count). The Morgan fingerprint density at radius 1 is 1.06 bits per heavy atom. The summed E-state index contributed by atoms with van der Waals surface area (Å²) in [6, 6.07) is 0. The summed E-state index contributed by atoms with van der Waals surface area (Å²) in [5, 5.41) is 2.38. The van der Waals surface area contributed by atoms with Gasteiger partial charge in [-0.2, -0.15) is 0 Å². The average Bonchev–Trinajstić information content (AvgIpc) is 2.24. The zero-order chi connectivity index (χ0) is 11.6.